The Morgan fingerprint density at radius 1 is 1.15 bits per heavy atom. The Bertz CT molecular complexity index is 810. The molecule has 0 spiro atoms. The maximum absolute atomic E-state index is 12.9. The molecule has 1 aromatic carbocycles. The molecule has 1 atom stereocenters. The number of amides is 2. The quantitative estimate of drug-likeness (QED) is 0.815. The molecule has 0 radical (unpaired) electrons. The van der Waals surface area contributed by atoms with Crippen LogP contribution in [0.2, 0.25) is 0 Å². The molecule has 2 aromatic rings. The normalized spacial score (nSPS) is 16.1. The number of rotatable bonds is 5. The molecular formula is C21H28N4O2. The van der Waals surface area contributed by atoms with Crippen LogP contribution >= 0.6 is 0 Å². The topological polar surface area (TPSA) is 58.4 Å². The minimum atomic E-state index is -0.360. The number of piperazine rings is 1. The van der Waals surface area contributed by atoms with E-state index in [9.17, 15) is 9.59 Å². The van der Waals surface area contributed by atoms with Crippen LogP contribution in [0.1, 0.15) is 49.7 Å². The number of carbonyl (C=O) groups excluding carboxylic acids is 2. The van der Waals surface area contributed by atoms with Crippen molar-refractivity contribution in [1.29, 1.82) is 0 Å². The zero-order valence-corrected chi connectivity index (χ0v) is 16.6. The third-order valence-electron chi connectivity index (χ3n) is 5.11. The van der Waals surface area contributed by atoms with Gasteiger partial charge in [-0.1, -0.05) is 43.7 Å². The fraction of sp³-hybridized carbons (Fsp3) is 0.476. The molecule has 3 rings (SSSR count). The lowest BCUT2D eigenvalue weighted by atomic mass is 10.1. The zero-order chi connectivity index (χ0) is 19.6. The average Bonchev–Trinajstić information content (AvgIpc) is 3.14. The Hall–Kier alpha value is -2.63. The SMILES string of the molecule is Cc1ccc(CN2CCN(C(=O)[C@H](C)n3ccnc3C(C)C)CC2=O)cc1. The van der Waals surface area contributed by atoms with Crippen LogP contribution in [0.25, 0.3) is 0 Å². The summed E-state index contributed by atoms with van der Waals surface area (Å²) in [6.07, 6.45) is 3.57. The van der Waals surface area contributed by atoms with Crippen LogP contribution < -0.4 is 0 Å². The van der Waals surface area contributed by atoms with Gasteiger partial charge in [0.1, 0.15) is 11.9 Å². The number of aryl methyl sites for hydroxylation is 1. The Balaban J connectivity index is 1.63. The average molecular weight is 368 g/mol. The standard InChI is InChI=1S/C21H28N4O2/c1-15(2)20-22-9-10-25(20)17(4)21(27)24-12-11-23(19(26)14-24)13-18-7-5-16(3)6-8-18/h5-10,15,17H,11-14H2,1-4H3/t17-/m0/s1. The number of hydrogen-bond donors (Lipinski definition) is 0. The van der Waals surface area contributed by atoms with Gasteiger partial charge in [-0.2, -0.15) is 0 Å². The molecule has 1 aliphatic rings. The second-order valence-corrected chi connectivity index (χ2v) is 7.58. The first-order chi connectivity index (χ1) is 12.9. The molecule has 0 bridgehead atoms. The molecule has 0 N–H and O–H groups in total. The largest absolute Gasteiger partial charge is 0.335 e. The summed E-state index contributed by atoms with van der Waals surface area (Å²) in [4.78, 5) is 33.4. The highest BCUT2D eigenvalue weighted by atomic mass is 16.2. The van der Waals surface area contributed by atoms with Crippen LogP contribution in [0.3, 0.4) is 0 Å². The number of hydrogen-bond acceptors (Lipinski definition) is 3. The zero-order valence-electron chi connectivity index (χ0n) is 16.6. The molecule has 1 fully saturated rings. The number of carbonyl (C=O) groups is 2. The molecule has 0 unspecified atom stereocenters. The summed E-state index contributed by atoms with van der Waals surface area (Å²) in [5.74, 6) is 1.10. The lowest BCUT2D eigenvalue weighted by molar-refractivity contribution is -0.147. The van der Waals surface area contributed by atoms with Crippen molar-refractivity contribution < 1.29 is 9.59 Å². The van der Waals surface area contributed by atoms with Crippen LogP contribution in [0.15, 0.2) is 36.7 Å². The molecule has 2 amide bonds. The summed E-state index contributed by atoms with van der Waals surface area (Å²) in [7, 11) is 0. The smallest absolute Gasteiger partial charge is 0.245 e. The van der Waals surface area contributed by atoms with Gasteiger partial charge in [0, 0.05) is 37.9 Å². The Morgan fingerprint density at radius 3 is 2.48 bits per heavy atom. The van der Waals surface area contributed by atoms with Crippen LogP contribution in [-0.4, -0.2) is 50.8 Å². The summed E-state index contributed by atoms with van der Waals surface area (Å²) in [6.45, 7) is 9.90. The van der Waals surface area contributed by atoms with Crippen molar-refractivity contribution in [2.75, 3.05) is 19.6 Å². The van der Waals surface area contributed by atoms with Gasteiger partial charge in [-0.25, -0.2) is 4.98 Å². The summed E-state index contributed by atoms with van der Waals surface area (Å²) in [6, 6.07) is 7.85. The van der Waals surface area contributed by atoms with E-state index in [-0.39, 0.29) is 30.3 Å². The van der Waals surface area contributed by atoms with Crippen molar-refractivity contribution in [3.63, 3.8) is 0 Å². The predicted octanol–water partition coefficient (Wildman–Crippen LogP) is 2.75. The molecule has 2 heterocycles. The second kappa shape index (κ2) is 7.94. The van der Waals surface area contributed by atoms with E-state index in [4.69, 9.17) is 0 Å². The van der Waals surface area contributed by atoms with E-state index in [2.05, 4.69) is 43.1 Å². The first-order valence-corrected chi connectivity index (χ1v) is 9.51. The fourth-order valence-corrected chi connectivity index (χ4v) is 3.46. The van der Waals surface area contributed by atoms with Gasteiger partial charge in [0.25, 0.3) is 0 Å². The Morgan fingerprint density at radius 2 is 1.85 bits per heavy atom. The summed E-state index contributed by atoms with van der Waals surface area (Å²) in [5.41, 5.74) is 2.32. The predicted molar refractivity (Wildman–Crippen MR) is 104 cm³/mol. The van der Waals surface area contributed by atoms with E-state index in [0.717, 1.165) is 11.4 Å². The molecule has 6 nitrogen and oxygen atoms in total. The summed E-state index contributed by atoms with van der Waals surface area (Å²) in [5, 5.41) is 0. The van der Waals surface area contributed by atoms with Crippen LogP contribution in [0, 0.1) is 6.92 Å². The monoisotopic (exact) mass is 368 g/mol. The highest BCUT2D eigenvalue weighted by Crippen LogP contribution is 2.20. The first-order valence-electron chi connectivity index (χ1n) is 9.51. The van der Waals surface area contributed by atoms with E-state index >= 15 is 0 Å². The molecule has 0 aliphatic carbocycles. The van der Waals surface area contributed by atoms with E-state index < -0.39 is 0 Å². The molecule has 1 aromatic heterocycles. The number of aromatic nitrogens is 2. The van der Waals surface area contributed by atoms with E-state index in [0.29, 0.717) is 19.6 Å². The van der Waals surface area contributed by atoms with Gasteiger partial charge in [0.05, 0.1) is 6.54 Å². The minimum absolute atomic E-state index is 0.00270. The molecular weight excluding hydrogens is 340 g/mol. The maximum Gasteiger partial charge on any atom is 0.245 e. The molecule has 0 saturated carbocycles. The van der Waals surface area contributed by atoms with Gasteiger partial charge in [-0.15, -0.1) is 0 Å². The van der Waals surface area contributed by atoms with Crippen molar-refractivity contribution in [3.8, 4) is 0 Å². The van der Waals surface area contributed by atoms with Gasteiger partial charge in [-0.05, 0) is 19.4 Å². The van der Waals surface area contributed by atoms with Crippen LogP contribution in [0.4, 0.5) is 0 Å². The van der Waals surface area contributed by atoms with Crippen molar-refractivity contribution >= 4 is 11.8 Å². The molecule has 27 heavy (non-hydrogen) atoms. The Labute approximate surface area is 160 Å². The van der Waals surface area contributed by atoms with Gasteiger partial charge < -0.3 is 14.4 Å². The lowest BCUT2D eigenvalue weighted by Crippen LogP contribution is -2.53. The molecule has 6 heteroatoms. The van der Waals surface area contributed by atoms with Crippen molar-refractivity contribution in [1.82, 2.24) is 19.4 Å². The lowest BCUT2D eigenvalue weighted by Gasteiger charge is -2.36. The molecule has 1 saturated heterocycles. The van der Waals surface area contributed by atoms with E-state index in [1.807, 2.05) is 29.5 Å². The molecule has 1 aliphatic heterocycles. The highest BCUT2D eigenvalue weighted by Gasteiger charge is 2.31. The minimum Gasteiger partial charge on any atom is -0.335 e. The summed E-state index contributed by atoms with van der Waals surface area (Å²) >= 11 is 0. The summed E-state index contributed by atoms with van der Waals surface area (Å²) < 4.78 is 1.91. The van der Waals surface area contributed by atoms with Gasteiger partial charge in [0.15, 0.2) is 0 Å². The van der Waals surface area contributed by atoms with E-state index in [1.165, 1.54) is 5.56 Å². The van der Waals surface area contributed by atoms with Crippen molar-refractivity contribution in [3.05, 3.63) is 53.6 Å². The Kier molecular flexibility index (Phi) is 5.63. The molecule has 144 valence electrons. The van der Waals surface area contributed by atoms with Crippen molar-refractivity contribution in [2.24, 2.45) is 0 Å². The van der Waals surface area contributed by atoms with Gasteiger partial charge >= 0.3 is 0 Å². The fourth-order valence-electron chi connectivity index (χ4n) is 3.46. The van der Waals surface area contributed by atoms with E-state index in [1.54, 1.807) is 11.1 Å². The number of imidazole rings is 1. The number of benzene rings is 1. The number of nitrogens with zero attached hydrogens (tertiary/aromatic N) is 4. The van der Waals surface area contributed by atoms with Crippen LogP contribution in [-0.2, 0) is 16.1 Å². The maximum atomic E-state index is 12.9. The van der Waals surface area contributed by atoms with Crippen LogP contribution in [0.5, 0.6) is 0 Å². The third-order valence-corrected chi connectivity index (χ3v) is 5.11. The van der Waals surface area contributed by atoms with Crippen molar-refractivity contribution in [2.45, 2.75) is 46.2 Å². The van der Waals surface area contributed by atoms with Gasteiger partial charge in [-0.3, -0.25) is 9.59 Å². The first kappa shape index (κ1) is 19.1. The van der Waals surface area contributed by atoms with Gasteiger partial charge in [0.2, 0.25) is 11.8 Å². The third kappa shape index (κ3) is 4.21. The second-order valence-electron chi connectivity index (χ2n) is 7.58. The highest BCUT2D eigenvalue weighted by molar-refractivity contribution is 5.87.